The van der Waals surface area contributed by atoms with Gasteiger partial charge < -0.3 is 20.6 Å². The molecule has 0 spiro atoms. The lowest BCUT2D eigenvalue weighted by Crippen LogP contribution is -2.48. The lowest BCUT2D eigenvalue weighted by Gasteiger charge is -2.32. The third-order valence-corrected chi connectivity index (χ3v) is 4.99. The lowest BCUT2D eigenvalue weighted by atomic mass is 9.85. The second-order valence-electron chi connectivity index (χ2n) is 7.32. The number of likely N-dealkylation sites (tertiary alicyclic amines) is 1. The highest BCUT2D eigenvalue weighted by Crippen LogP contribution is 2.27. The molecule has 5 heteroatoms. The molecule has 0 bridgehead atoms. The van der Waals surface area contributed by atoms with Gasteiger partial charge in [0.25, 0.3) is 0 Å². The molecule has 2 amide bonds. The number of rotatable bonds is 6. The van der Waals surface area contributed by atoms with Crippen LogP contribution in [0.1, 0.15) is 58.3 Å². The molecule has 5 nitrogen and oxygen atoms in total. The average molecular weight is 311 g/mol. The Kier molecular flexibility index (Phi) is 6.96. The molecule has 0 aromatic rings. The zero-order chi connectivity index (χ0) is 15.8. The number of carbonyl (C=O) groups excluding carboxylic acids is 1. The minimum Gasteiger partial charge on any atom is -0.388 e. The van der Waals surface area contributed by atoms with Crippen molar-refractivity contribution in [2.24, 2.45) is 5.92 Å². The quantitative estimate of drug-likeness (QED) is 0.704. The van der Waals surface area contributed by atoms with Gasteiger partial charge in [0.05, 0.1) is 5.60 Å². The molecular weight excluding hydrogens is 278 g/mol. The minimum absolute atomic E-state index is 0.149. The second kappa shape index (κ2) is 8.73. The molecule has 0 aromatic carbocycles. The summed E-state index contributed by atoms with van der Waals surface area (Å²) in [5.41, 5.74) is -0.686. The van der Waals surface area contributed by atoms with E-state index in [4.69, 9.17) is 0 Å². The highest BCUT2D eigenvalue weighted by atomic mass is 16.3. The summed E-state index contributed by atoms with van der Waals surface area (Å²) in [6, 6.07) is -0.149. The summed E-state index contributed by atoms with van der Waals surface area (Å²) in [6.07, 6.45) is 8.89. The summed E-state index contributed by atoms with van der Waals surface area (Å²) < 4.78 is 0. The van der Waals surface area contributed by atoms with Crippen molar-refractivity contribution in [1.82, 2.24) is 15.5 Å². The average Bonchev–Trinajstić information content (AvgIpc) is 2.53. The van der Waals surface area contributed by atoms with Crippen molar-refractivity contribution < 1.29 is 9.90 Å². The van der Waals surface area contributed by atoms with Crippen LogP contribution in [0.5, 0.6) is 0 Å². The van der Waals surface area contributed by atoms with Crippen LogP contribution in [-0.2, 0) is 0 Å². The Balaban J connectivity index is 1.58. The van der Waals surface area contributed by atoms with Crippen molar-refractivity contribution in [1.29, 1.82) is 0 Å². The zero-order valence-electron chi connectivity index (χ0n) is 14.1. The molecule has 2 aliphatic rings. The highest BCUT2D eigenvalue weighted by Gasteiger charge is 2.29. The monoisotopic (exact) mass is 311 g/mol. The van der Waals surface area contributed by atoms with Gasteiger partial charge in [0.15, 0.2) is 0 Å². The first-order chi connectivity index (χ1) is 10.6. The van der Waals surface area contributed by atoms with Gasteiger partial charge >= 0.3 is 6.03 Å². The van der Waals surface area contributed by atoms with Crippen LogP contribution in [-0.4, -0.2) is 54.4 Å². The molecular formula is C17H33N3O2. The molecule has 1 unspecified atom stereocenters. The molecule has 1 atom stereocenters. The van der Waals surface area contributed by atoms with E-state index in [1.54, 1.807) is 0 Å². The molecule has 128 valence electrons. The van der Waals surface area contributed by atoms with Gasteiger partial charge in [-0.1, -0.05) is 32.6 Å². The third kappa shape index (κ3) is 6.13. The van der Waals surface area contributed by atoms with Gasteiger partial charge in [0.2, 0.25) is 0 Å². The fourth-order valence-corrected chi connectivity index (χ4v) is 3.61. The number of nitrogens with one attached hydrogen (secondary N) is 2. The van der Waals surface area contributed by atoms with E-state index < -0.39 is 5.60 Å². The van der Waals surface area contributed by atoms with E-state index >= 15 is 0 Å². The Morgan fingerprint density at radius 2 is 1.73 bits per heavy atom. The molecule has 1 saturated heterocycles. The van der Waals surface area contributed by atoms with Crippen molar-refractivity contribution in [3.63, 3.8) is 0 Å². The van der Waals surface area contributed by atoms with Crippen LogP contribution in [0.3, 0.4) is 0 Å². The molecule has 22 heavy (non-hydrogen) atoms. The van der Waals surface area contributed by atoms with E-state index in [-0.39, 0.29) is 6.03 Å². The molecule has 1 heterocycles. The predicted molar refractivity (Wildman–Crippen MR) is 88.9 cm³/mol. The van der Waals surface area contributed by atoms with Gasteiger partial charge in [0, 0.05) is 19.6 Å². The Labute approximate surface area is 134 Å². The smallest absolute Gasteiger partial charge is 0.314 e. The fraction of sp³-hybridized carbons (Fsp3) is 0.941. The van der Waals surface area contributed by atoms with Gasteiger partial charge in [-0.05, 0) is 44.7 Å². The van der Waals surface area contributed by atoms with Crippen LogP contribution in [0, 0.1) is 5.92 Å². The number of hydrogen-bond donors (Lipinski definition) is 3. The first kappa shape index (κ1) is 17.5. The third-order valence-electron chi connectivity index (χ3n) is 4.99. The molecule has 2 rings (SSSR count). The van der Waals surface area contributed by atoms with Crippen LogP contribution in [0.4, 0.5) is 4.79 Å². The van der Waals surface area contributed by atoms with Gasteiger partial charge in [0.1, 0.15) is 0 Å². The first-order valence-corrected chi connectivity index (χ1v) is 9.04. The number of carbonyl (C=O) groups is 1. The highest BCUT2D eigenvalue weighted by molar-refractivity contribution is 5.73. The summed E-state index contributed by atoms with van der Waals surface area (Å²) in [6.45, 7) is 6.71. The van der Waals surface area contributed by atoms with Gasteiger partial charge in [-0.3, -0.25) is 0 Å². The van der Waals surface area contributed by atoms with Crippen molar-refractivity contribution in [2.45, 2.75) is 63.9 Å². The van der Waals surface area contributed by atoms with Crippen LogP contribution in [0.2, 0.25) is 0 Å². The van der Waals surface area contributed by atoms with Crippen molar-refractivity contribution in [3.8, 4) is 0 Å². The molecule has 1 saturated carbocycles. The Morgan fingerprint density at radius 1 is 1.09 bits per heavy atom. The Hall–Kier alpha value is -0.810. The van der Waals surface area contributed by atoms with E-state index in [0.29, 0.717) is 19.0 Å². The molecule has 3 N–H and O–H groups in total. The van der Waals surface area contributed by atoms with Crippen LogP contribution < -0.4 is 10.6 Å². The summed E-state index contributed by atoms with van der Waals surface area (Å²) in [4.78, 5) is 14.4. The second-order valence-corrected chi connectivity index (χ2v) is 7.32. The molecule has 0 radical (unpaired) electrons. The van der Waals surface area contributed by atoms with E-state index in [9.17, 15) is 9.90 Å². The number of piperidine rings is 1. The van der Waals surface area contributed by atoms with Gasteiger partial charge in [-0.15, -0.1) is 0 Å². The SMILES string of the molecule is CC(CNC(=O)NCC1(O)CCCCC1)CN1CCCCC1. The van der Waals surface area contributed by atoms with Crippen LogP contribution in [0.15, 0.2) is 0 Å². The Bertz CT molecular complexity index is 337. The standard InChI is InChI=1S/C17H33N3O2/c1-15(13-20-10-6-3-7-11-20)12-18-16(21)19-14-17(22)8-4-2-5-9-17/h15,22H,2-14H2,1H3,(H2,18,19,21). The summed E-state index contributed by atoms with van der Waals surface area (Å²) >= 11 is 0. The Morgan fingerprint density at radius 3 is 2.41 bits per heavy atom. The molecule has 2 fully saturated rings. The maximum Gasteiger partial charge on any atom is 0.314 e. The van der Waals surface area contributed by atoms with E-state index in [1.807, 2.05) is 0 Å². The summed E-state index contributed by atoms with van der Waals surface area (Å²) in [5.74, 6) is 0.460. The minimum atomic E-state index is -0.686. The fourth-order valence-electron chi connectivity index (χ4n) is 3.61. The van der Waals surface area contributed by atoms with Crippen LogP contribution in [0.25, 0.3) is 0 Å². The number of nitrogens with zero attached hydrogens (tertiary/aromatic N) is 1. The van der Waals surface area contributed by atoms with E-state index in [0.717, 1.165) is 32.2 Å². The number of amides is 2. The van der Waals surface area contributed by atoms with Gasteiger partial charge in [-0.25, -0.2) is 4.79 Å². The van der Waals surface area contributed by atoms with Crippen molar-refractivity contribution in [3.05, 3.63) is 0 Å². The number of urea groups is 1. The molecule has 0 aromatic heterocycles. The van der Waals surface area contributed by atoms with Crippen molar-refractivity contribution >= 4 is 6.03 Å². The molecule has 1 aliphatic heterocycles. The predicted octanol–water partition coefficient (Wildman–Crippen LogP) is 2.10. The number of hydrogen-bond acceptors (Lipinski definition) is 3. The van der Waals surface area contributed by atoms with Crippen molar-refractivity contribution in [2.75, 3.05) is 32.7 Å². The van der Waals surface area contributed by atoms with Gasteiger partial charge in [-0.2, -0.15) is 0 Å². The maximum atomic E-state index is 11.9. The topological polar surface area (TPSA) is 64.6 Å². The molecule has 1 aliphatic carbocycles. The first-order valence-electron chi connectivity index (χ1n) is 9.04. The largest absolute Gasteiger partial charge is 0.388 e. The zero-order valence-corrected chi connectivity index (χ0v) is 14.1. The maximum absolute atomic E-state index is 11.9. The summed E-state index contributed by atoms with van der Waals surface area (Å²) in [7, 11) is 0. The summed E-state index contributed by atoms with van der Waals surface area (Å²) in [5, 5.41) is 16.1. The lowest BCUT2D eigenvalue weighted by molar-refractivity contribution is 0.00717. The number of aliphatic hydroxyl groups is 1. The van der Waals surface area contributed by atoms with E-state index in [1.165, 1.54) is 38.8 Å². The van der Waals surface area contributed by atoms with Crippen LogP contribution >= 0.6 is 0 Å². The van der Waals surface area contributed by atoms with E-state index in [2.05, 4.69) is 22.5 Å². The normalized spacial score (nSPS) is 23.7.